The van der Waals surface area contributed by atoms with E-state index in [0.717, 1.165) is 26.2 Å². The highest BCUT2D eigenvalue weighted by atomic mass is 15.3. The van der Waals surface area contributed by atoms with Gasteiger partial charge in [-0.15, -0.1) is 0 Å². The van der Waals surface area contributed by atoms with E-state index in [9.17, 15) is 0 Å². The zero-order valence-electron chi connectivity index (χ0n) is 9.45. The van der Waals surface area contributed by atoms with Crippen LogP contribution in [0.3, 0.4) is 0 Å². The van der Waals surface area contributed by atoms with E-state index in [1.165, 1.54) is 0 Å². The molecule has 0 unspecified atom stereocenters. The Labute approximate surface area is 90.8 Å². The number of guanidine groups is 1. The van der Waals surface area contributed by atoms with Gasteiger partial charge in [-0.05, 0) is 19.5 Å². The smallest absolute Gasteiger partial charge is 0.219 e. The monoisotopic (exact) mass is 209 g/mol. The molecule has 5 heteroatoms. The summed E-state index contributed by atoms with van der Waals surface area (Å²) in [7, 11) is 2.08. The minimum atomic E-state index is 0.239. The highest BCUT2D eigenvalue weighted by Crippen LogP contribution is 2.01. The Bertz CT molecular complexity index is 286. The molecule has 1 aliphatic rings. The number of nitrogens with two attached hydrogens (primary N) is 1. The largest absolute Gasteiger partial charge is 0.383 e. The third-order valence-electron chi connectivity index (χ3n) is 2.47. The summed E-state index contributed by atoms with van der Waals surface area (Å²) in [5.74, 6) is 0.586. The normalized spacial score (nSPS) is 19.1. The van der Waals surface area contributed by atoms with Crippen molar-refractivity contribution in [1.82, 2.24) is 9.80 Å². The van der Waals surface area contributed by atoms with E-state index >= 15 is 0 Å². The number of amidine groups is 1. The van der Waals surface area contributed by atoms with Crippen LogP contribution < -0.4 is 5.73 Å². The lowest BCUT2D eigenvalue weighted by atomic mass is 10.3. The first-order valence-corrected chi connectivity index (χ1v) is 5.03. The van der Waals surface area contributed by atoms with E-state index in [2.05, 4.69) is 23.5 Å². The zero-order valence-corrected chi connectivity index (χ0v) is 9.45. The molecule has 0 aromatic rings. The van der Waals surface area contributed by atoms with Crippen molar-refractivity contribution in [2.24, 2.45) is 10.7 Å². The Balaban J connectivity index is 2.54. The van der Waals surface area contributed by atoms with Crippen LogP contribution >= 0.6 is 0 Å². The molecule has 1 aliphatic heterocycles. The summed E-state index contributed by atoms with van der Waals surface area (Å²) in [6, 6.07) is 0. The van der Waals surface area contributed by atoms with Crippen LogP contribution in [0, 0.1) is 5.41 Å². The van der Waals surface area contributed by atoms with Gasteiger partial charge in [-0.25, -0.2) is 0 Å². The van der Waals surface area contributed by atoms with Gasteiger partial charge in [0.05, 0.1) is 0 Å². The molecule has 15 heavy (non-hydrogen) atoms. The molecule has 0 radical (unpaired) electrons. The Morgan fingerprint density at radius 2 is 1.87 bits per heavy atom. The average Bonchev–Trinajstić information content (AvgIpc) is 2.18. The van der Waals surface area contributed by atoms with Gasteiger partial charge in [0.2, 0.25) is 5.96 Å². The minimum absolute atomic E-state index is 0.239. The van der Waals surface area contributed by atoms with Crippen molar-refractivity contribution in [3.05, 3.63) is 12.2 Å². The van der Waals surface area contributed by atoms with Gasteiger partial charge in [0, 0.05) is 26.2 Å². The summed E-state index contributed by atoms with van der Waals surface area (Å²) in [5.41, 5.74) is 6.33. The molecule has 0 aromatic heterocycles. The lowest BCUT2D eigenvalue weighted by Gasteiger charge is -2.32. The van der Waals surface area contributed by atoms with Crippen molar-refractivity contribution in [1.29, 1.82) is 5.41 Å². The average molecular weight is 209 g/mol. The zero-order chi connectivity index (χ0) is 11.4. The van der Waals surface area contributed by atoms with Crippen molar-refractivity contribution in [3.8, 4) is 0 Å². The summed E-state index contributed by atoms with van der Waals surface area (Å²) >= 11 is 0. The minimum Gasteiger partial charge on any atom is -0.383 e. The van der Waals surface area contributed by atoms with Gasteiger partial charge in [0.15, 0.2) is 0 Å². The fourth-order valence-electron chi connectivity index (χ4n) is 1.30. The lowest BCUT2D eigenvalue weighted by Crippen LogP contribution is -2.46. The van der Waals surface area contributed by atoms with Crippen molar-refractivity contribution in [2.45, 2.75) is 6.92 Å². The number of nitrogens with zero attached hydrogens (tertiary/aromatic N) is 3. The van der Waals surface area contributed by atoms with E-state index < -0.39 is 0 Å². The maximum absolute atomic E-state index is 7.77. The summed E-state index contributed by atoms with van der Waals surface area (Å²) < 4.78 is 0. The maximum atomic E-state index is 7.77. The molecule has 0 atom stereocenters. The quantitative estimate of drug-likeness (QED) is 0.475. The number of likely N-dealkylation sites (N-methyl/N-ethyl adjacent to an activating group) is 1. The van der Waals surface area contributed by atoms with Gasteiger partial charge >= 0.3 is 0 Å². The van der Waals surface area contributed by atoms with Gasteiger partial charge in [-0.1, -0.05) is 6.58 Å². The number of hydrogen-bond acceptors (Lipinski definition) is 2. The molecule has 0 bridgehead atoms. The Kier molecular flexibility index (Phi) is 3.85. The van der Waals surface area contributed by atoms with Crippen LogP contribution in [0.25, 0.3) is 0 Å². The van der Waals surface area contributed by atoms with Gasteiger partial charge in [-0.3, -0.25) is 5.41 Å². The van der Waals surface area contributed by atoms with Crippen LogP contribution in [0.1, 0.15) is 6.92 Å². The van der Waals surface area contributed by atoms with Crippen molar-refractivity contribution in [3.63, 3.8) is 0 Å². The SMILES string of the molecule is C=C(C)/C(N)=N\C(=N)N1CCN(C)CC1. The van der Waals surface area contributed by atoms with Crippen molar-refractivity contribution < 1.29 is 0 Å². The highest BCUT2D eigenvalue weighted by Gasteiger charge is 2.16. The van der Waals surface area contributed by atoms with Crippen LogP contribution in [0.2, 0.25) is 0 Å². The number of hydrogen-bond donors (Lipinski definition) is 2. The van der Waals surface area contributed by atoms with Crippen LogP contribution in [-0.4, -0.2) is 54.8 Å². The first kappa shape index (κ1) is 11.7. The van der Waals surface area contributed by atoms with Crippen LogP contribution in [0.5, 0.6) is 0 Å². The summed E-state index contributed by atoms with van der Waals surface area (Å²) in [6.45, 7) is 9.07. The molecule has 0 aromatic carbocycles. The second-order valence-corrected chi connectivity index (χ2v) is 3.89. The van der Waals surface area contributed by atoms with Crippen molar-refractivity contribution in [2.75, 3.05) is 33.2 Å². The third-order valence-corrected chi connectivity index (χ3v) is 2.47. The first-order valence-electron chi connectivity index (χ1n) is 5.03. The molecule has 3 N–H and O–H groups in total. The predicted molar refractivity (Wildman–Crippen MR) is 63.2 cm³/mol. The molecule has 5 nitrogen and oxygen atoms in total. The Hall–Kier alpha value is -1.36. The Morgan fingerprint density at radius 3 is 2.33 bits per heavy atom. The molecule has 1 saturated heterocycles. The molecule has 1 heterocycles. The number of rotatable bonds is 1. The molecule has 1 fully saturated rings. The van der Waals surface area contributed by atoms with Crippen LogP contribution in [0.15, 0.2) is 17.1 Å². The van der Waals surface area contributed by atoms with E-state index in [1.807, 2.05) is 4.90 Å². The van der Waals surface area contributed by atoms with E-state index in [1.54, 1.807) is 6.92 Å². The van der Waals surface area contributed by atoms with Crippen molar-refractivity contribution >= 4 is 11.8 Å². The lowest BCUT2D eigenvalue weighted by molar-refractivity contribution is 0.213. The molecule has 84 valence electrons. The second kappa shape index (κ2) is 4.93. The Morgan fingerprint density at radius 1 is 1.33 bits per heavy atom. The number of piperazine rings is 1. The van der Waals surface area contributed by atoms with Crippen LogP contribution in [-0.2, 0) is 0 Å². The highest BCUT2D eigenvalue weighted by molar-refractivity contribution is 6.03. The molecular weight excluding hydrogens is 190 g/mol. The van der Waals surface area contributed by atoms with Gasteiger partial charge in [0.25, 0.3) is 0 Å². The fraction of sp³-hybridized carbons (Fsp3) is 0.600. The van der Waals surface area contributed by atoms with Crippen LogP contribution in [0.4, 0.5) is 0 Å². The molecule has 1 rings (SSSR count). The maximum Gasteiger partial charge on any atom is 0.219 e. The van der Waals surface area contributed by atoms with E-state index in [0.29, 0.717) is 11.4 Å². The summed E-state index contributed by atoms with van der Waals surface area (Å²) in [4.78, 5) is 8.17. The first-order chi connectivity index (χ1) is 7.00. The molecular formula is C10H19N5. The summed E-state index contributed by atoms with van der Waals surface area (Å²) in [6.07, 6.45) is 0. The molecule has 0 aliphatic carbocycles. The predicted octanol–water partition coefficient (Wildman–Crippen LogP) is 0.102. The molecule has 0 spiro atoms. The topological polar surface area (TPSA) is 68.7 Å². The fourth-order valence-corrected chi connectivity index (χ4v) is 1.30. The molecule has 0 saturated carbocycles. The summed E-state index contributed by atoms with van der Waals surface area (Å²) in [5, 5.41) is 7.77. The van der Waals surface area contributed by atoms with Gasteiger partial charge in [0.1, 0.15) is 5.84 Å². The third kappa shape index (κ3) is 3.36. The molecule has 0 amide bonds. The number of nitrogens with one attached hydrogen (secondary N) is 1. The van der Waals surface area contributed by atoms with E-state index in [-0.39, 0.29) is 5.96 Å². The van der Waals surface area contributed by atoms with Gasteiger partial charge < -0.3 is 15.5 Å². The van der Waals surface area contributed by atoms with E-state index in [4.69, 9.17) is 11.1 Å². The van der Waals surface area contributed by atoms with Gasteiger partial charge in [-0.2, -0.15) is 4.99 Å². The number of aliphatic imine (C=N–C) groups is 1. The standard InChI is InChI=1S/C10H19N5/c1-8(2)9(11)13-10(12)15-6-4-14(3)5-7-15/h1,4-7H2,2-3H3,(H3,11,12,13). The second-order valence-electron chi connectivity index (χ2n) is 3.89.